The van der Waals surface area contributed by atoms with Gasteiger partial charge in [0.2, 0.25) is 0 Å². The van der Waals surface area contributed by atoms with Crippen LogP contribution in [0.5, 0.6) is 0 Å². The molecule has 0 atom stereocenters. The molecule has 0 saturated heterocycles. The summed E-state index contributed by atoms with van der Waals surface area (Å²) in [6.45, 7) is 2.45. The highest BCUT2D eigenvalue weighted by Gasteiger charge is 1.67. The van der Waals surface area contributed by atoms with Crippen molar-refractivity contribution >= 4 is 0 Å². The Labute approximate surface area is 49.6 Å². The van der Waals surface area contributed by atoms with Crippen molar-refractivity contribution in [2.75, 3.05) is 6.61 Å². The molecule has 0 aromatic carbocycles. The summed E-state index contributed by atoms with van der Waals surface area (Å²) in [5.74, 6) is 0. The van der Waals surface area contributed by atoms with Crippen molar-refractivity contribution in [3.63, 3.8) is 0 Å². The number of hydrogen-bond acceptors (Lipinski definition) is 2. The molecule has 0 unspecified atom stereocenters. The average Bonchev–Trinajstić information content (AvgIpc) is 1.81. The number of nitrogens with two attached hydrogens (primary N) is 1. The Morgan fingerprint density at radius 3 is 2.88 bits per heavy atom. The van der Waals surface area contributed by atoms with Gasteiger partial charge in [-0.3, -0.25) is 0 Å². The molecule has 46 valence electrons. The van der Waals surface area contributed by atoms with E-state index in [9.17, 15) is 0 Å². The molecule has 0 saturated carbocycles. The Bertz CT molecular complexity index is 74.5. The largest absolute Gasteiger partial charge is 0.497 e. The second kappa shape index (κ2) is 6.08. The predicted octanol–water partition coefficient (Wildman–Crippen LogP) is 1.01. The van der Waals surface area contributed by atoms with Gasteiger partial charge in [-0.25, -0.2) is 0 Å². The molecule has 0 aliphatic heterocycles. The highest BCUT2D eigenvalue weighted by Crippen LogP contribution is 1.76. The predicted molar refractivity (Wildman–Crippen MR) is 34.1 cm³/mol. The van der Waals surface area contributed by atoms with E-state index in [0.717, 1.165) is 0 Å². The van der Waals surface area contributed by atoms with Gasteiger partial charge in [0.1, 0.15) is 6.61 Å². The summed E-state index contributed by atoms with van der Waals surface area (Å²) in [7, 11) is 0. The molecular weight excluding hydrogens is 102 g/mol. The van der Waals surface area contributed by atoms with Gasteiger partial charge in [-0.05, 0) is 19.2 Å². The van der Waals surface area contributed by atoms with E-state index in [2.05, 4.69) is 0 Å². The van der Waals surface area contributed by atoms with Crippen LogP contribution in [-0.2, 0) is 4.74 Å². The lowest BCUT2D eigenvalue weighted by Crippen LogP contribution is -1.83. The lowest BCUT2D eigenvalue weighted by atomic mass is 10.6. The first-order valence-corrected chi connectivity index (χ1v) is 2.51. The van der Waals surface area contributed by atoms with Gasteiger partial charge in [-0.15, -0.1) is 0 Å². The van der Waals surface area contributed by atoms with Gasteiger partial charge in [0, 0.05) is 0 Å². The van der Waals surface area contributed by atoms with E-state index in [-0.39, 0.29) is 0 Å². The fraction of sp³-hybridized carbons (Fsp3) is 0.333. The molecule has 0 rings (SSSR count). The summed E-state index contributed by atoms with van der Waals surface area (Å²) in [6, 6.07) is 0. The zero-order valence-electron chi connectivity index (χ0n) is 5.00. The lowest BCUT2D eigenvalue weighted by Gasteiger charge is -1.89. The standard InChI is InChI=1S/C6H11NO/c1-2-5-8-6-3-4-7/h2-5H,6-7H2,1H3. The molecular formula is C6H11NO. The fourth-order valence-corrected chi connectivity index (χ4v) is 0.263. The van der Waals surface area contributed by atoms with E-state index in [1.54, 1.807) is 12.3 Å². The van der Waals surface area contributed by atoms with Crippen LogP contribution in [0.15, 0.2) is 24.6 Å². The van der Waals surface area contributed by atoms with Gasteiger partial charge in [0.05, 0.1) is 6.26 Å². The molecule has 0 amide bonds. The molecule has 8 heavy (non-hydrogen) atoms. The van der Waals surface area contributed by atoms with Gasteiger partial charge in [-0.2, -0.15) is 0 Å². The molecule has 0 fully saturated rings. The van der Waals surface area contributed by atoms with Gasteiger partial charge >= 0.3 is 0 Å². The van der Waals surface area contributed by atoms with E-state index in [1.807, 2.05) is 13.0 Å². The van der Waals surface area contributed by atoms with Gasteiger partial charge in [0.15, 0.2) is 0 Å². The fourth-order valence-electron chi connectivity index (χ4n) is 0.263. The zero-order chi connectivity index (χ0) is 6.24. The SMILES string of the molecule is CC=COCC=CN. The van der Waals surface area contributed by atoms with Crippen molar-refractivity contribution in [3.05, 3.63) is 24.6 Å². The minimum absolute atomic E-state index is 0.556. The molecule has 0 spiro atoms. The van der Waals surface area contributed by atoms with Crippen LogP contribution in [0.3, 0.4) is 0 Å². The van der Waals surface area contributed by atoms with Gasteiger partial charge in [-0.1, -0.05) is 6.08 Å². The maximum atomic E-state index is 5.03. The number of ether oxygens (including phenoxy) is 1. The molecule has 0 bridgehead atoms. The summed E-state index contributed by atoms with van der Waals surface area (Å²) in [4.78, 5) is 0. The van der Waals surface area contributed by atoms with Crippen molar-refractivity contribution in [2.45, 2.75) is 6.92 Å². The third-order valence-electron chi connectivity index (χ3n) is 0.561. The molecule has 2 heteroatoms. The highest BCUT2D eigenvalue weighted by molar-refractivity contribution is 4.76. The van der Waals surface area contributed by atoms with Crippen LogP contribution >= 0.6 is 0 Å². The molecule has 0 aliphatic rings. The van der Waals surface area contributed by atoms with Crippen molar-refractivity contribution in [3.8, 4) is 0 Å². The summed E-state index contributed by atoms with van der Waals surface area (Å²) in [5.41, 5.74) is 5.03. The maximum Gasteiger partial charge on any atom is 0.107 e. The first-order valence-electron chi connectivity index (χ1n) is 2.51. The van der Waals surface area contributed by atoms with Crippen molar-refractivity contribution in [1.29, 1.82) is 0 Å². The van der Waals surface area contributed by atoms with Crippen LogP contribution in [0.1, 0.15) is 6.92 Å². The normalized spacial score (nSPS) is 11.1. The summed E-state index contributed by atoms with van der Waals surface area (Å²) in [5, 5.41) is 0. The molecule has 0 radical (unpaired) electrons. The first-order chi connectivity index (χ1) is 3.91. The van der Waals surface area contributed by atoms with Crippen LogP contribution in [0.25, 0.3) is 0 Å². The van der Waals surface area contributed by atoms with E-state index in [4.69, 9.17) is 10.5 Å². The maximum absolute atomic E-state index is 5.03. The minimum Gasteiger partial charge on any atom is -0.497 e. The van der Waals surface area contributed by atoms with Gasteiger partial charge < -0.3 is 10.5 Å². The Morgan fingerprint density at radius 1 is 1.62 bits per heavy atom. The highest BCUT2D eigenvalue weighted by atomic mass is 16.5. The van der Waals surface area contributed by atoms with Crippen molar-refractivity contribution in [2.24, 2.45) is 5.73 Å². The third-order valence-corrected chi connectivity index (χ3v) is 0.561. The van der Waals surface area contributed by atoms with E-state index in [1.165, 1.54) is 6.20 Å². The Kier molecular flexibility index (Phi) is 5.38. The molecule has 2 N–H and O–H groups in total. The second-order valence-corrected chi connectivity index (χ2v) is 1.23. The van der Waals surface area contributed by atoms with E-state index < -0.39 is 0 Å². The quantitative estimate of drug-likeness (QED) is 0.438. The Hall–Kier alpha value is -0.920. The van der Waals surface area contributed by atoms with Crippen LogP contribution < -0.4 is 5.73 Å². The van der Waals surface area contributed by atoms with Crippen molar-refractivity contribution in [1.82, 2.24) is 0 Å². The topological polar surface area (TPSA) is 35.2 Å². The lowest BCUT2D eigenvalue weighted by molar-refractivity contribution is 0.289. The van der Waals surface area contributed by atoms with Crippen LogP contribution in [-0.4, -0.2) is 6.61 Å². The number of hydrogen-bond donors (Lipinski definition) is 1. The molecule has 0 aliphatic carbocycles. The summed E-state index contributed by atoms with van der Waals surface area (Å²) >= 11 is 0. The van der Waals surface area contributed by atoms with Crippen molar-refractivity contribution < 1.29 is 4.74 Å². The van der Waals surface area contributed by atoms with Crippen LogP contribution in [0.2, 0.25) is 0 Å². The molecule has 0 heterocycles. The smallest absolute Gasteiger partial charge is 0.107 e. The molecule has 0 aromatic heterocycles. The minimum atomic E-state index is 0.556. The zero-order valence-corrected chi connectivity index (χ0v) is 5.00. The molecule has 2 nitrogen and oxygen atoms in total. The monoisotopic (exact) mass is 113 g/mol. The summed E-state index contributed by atoms with van der Waals surface area (Å²) < 4.78 is 4.88. The van der Waals surface area contributed by atoms with Crippen LogP contribution in [0.4, 0.5) is 0 Å². The van der Waals surface area contributed by atoms with Gasteiger partial charge in [0.25, 0.3) is 0 Å². The average molecular weight is 113 g/mol. The number of allylic oxidation sites excluding steroid dienone is 1. The summed E-state index contributed by atoms with van der Waals surface area (Å²) in [6.07, 6.45) is 6.65. The van der Waals surface area contributed by atoms with E-state index in [0.29, 0.717) is 6.61 Å². The third kappa shape index (κ3) is 5.08. The Balaban J connectivity index is 2.93. The Morgan fingerprint density at radius 2 is 2.38 bits per heavy atom. The molecule has 0 aromatic rings. The number of rotatable bonds is 3. The van der Waals surface area contributed by atoms with E-state index >= 15 is 0 Å². The second-order valence-electron chi connectivity index (χ2n) is 1.23. The van der Waals surface area contributed by atoms with Crippen LogP contribution in [0, 0.1) is 0 Å². The first kappa shape index (κ1) is 7.08.